The fourth-order valence-corrected chi connectivity index (χ4v) is 1.89. The number of nitrogens with zero attached hydrogens (tertiary/aromatic N) is 1. The molecule has 3 nitrogen and oxygen atoms in total. The van der Waals surface area contributed by atoms with Gasteiger partial charge in [0.05, 0.1) is 5.69 Å². The standard InChI is InChI=1S/C16H9ClF2N2O/c17-12-3-1-2-10(7-12)6-11(9-20)16(22)21-15-5-4-13(18)8-14(15)19/h1-8H,(H,21,22)/b11-6+. The van der Waals surface area contributed by atoms with Crippen molar-refractivity contribution in [2.24, 2.45) is 0 Å². The smallest absolute Gasteiger partial charge is 0.266 e. The molecule has 0 radical (unpaired) electrons. The van der Waals surface area contributed by atoms with Gasteiger partial charge in [-0.15, -0.1) is 0 Å². The third-order valence-electron chi connectivity index (χ3n) is 2.70. The van der Waals surface area contributed by atoms with Crippen molar-refractivity contribution in [3.8, 4) is 6.07 Å². The third-order valence-corrected chi connectivity index (χ3v) is 2.94. The van der Waals surface area contributed by atoms with Gasteiger partial charge in [-0.2, -0.15) is 5.26 Å². The topological polar surface area (TPSA) is 52.9 Å². The van der Waals surface area contributed by atoms with Gasteiger partial charge in [0.25, 0.3) is 5.91 Å². The lowest BCUT2D eigenvalue weighted by atomic mass is 10.1. The molecule has 22 heavy (non-hydrogen) atoms. The molecule has 0 aliphatic heterocycles. The molecular formula is C16H9ClF2N2O. The van der Waals surface area contributed by atoms with Crippen molar-refractivity contribution in [2.45, 2.75) is 0 Å². The molecule has 0 atom stereocenters. The Bertz CT molecular complexity index is 797. The van der Waals surface area contributed by atoms with Gasteiger partial charge >= 0.3 is 0 Å². The van der Waals surface area contributed by atoms with Crippen molar-refractivity contribution in [3.63, 3.8) is 0 Å². The molecule has 2 aromatic carbocycles. The predicted octanol–water partition coefficient (Wildman–Crippen LogP) is 4.16. The van der Waals surface area contributed by atoms with E-state index in [9.17, 15) is 13.6 Å². The molecule has 0 saturated carbocycles. The molecule has 0 heterocycles. The number of carbonyl (C=O) groups is 1. The molecule has 1 N–H and O–H groups in total. The average Bonchev–Trinajstić information content (AvgIpc) is 2.47. The first kappa shape index (κ1) is 15.7. The number of amides is 1. The van der Waals surface area contributed by atoms with E-state index in [-0.39, 0.29) is 11.3 Å². The number of hydrogen-bond acceptors (Lipinski definition) is 2. The minimum absolute atomic E-state index is 0.210. The molecule has 0 aliphatic rings. The molecule has 0 bridgehead atoms. The summed E-state index contributed by atoms with van der Waals surface area (Å²) in [5, 5.41) is 11.7. The number of benzene rings is 2. The van der Waals surface area contributed by atoms with E-state index in [0.29, 0.717) is 16.7 Å². The Labute approximate surface area is 130 Å². The van der Waals surface area contributed by atoms with Crippen LogP contribution in [-0.2, 0) is 4.79 Å². The Morgan fingerprint density at radius 1 is 1.23 bits per heavy atom. The summed E-state index contributed by atoms with van der Waals surface area (Å²) in [7, 11) is 0. The summed E-state index contributed by atoms with van der Waals surface area (Å²) in [5.41, 5.74) is 0.114. The Hall–Kier alpha value is -2.71. The molecule has 1 amide bonds. The van der Waals surface area contributed by atoms with Crippen LogP contribution in [0.4, 0.5) is 14.5 Å². The number of hydrogen-bond donors (Lipinski definition) is 1. The van der Waals surface area contributed by atoms with Crippen LogP contribution in [-0.4, -0.2) is 5.91 Å². The van der Waals surface area contributed by atoms with Gasteiger partial charge in [0.2, 0.25) is 0 Å². The van der Waals surface area contributed by atoms with Crippen LogP contribution >= 0.6 is 11.6 Å². The van der Waals surface area contributed by atoms with E-state index >= 15 is 0 Å². The van der Waals surface area contributed by atoms with E-state index in [1.807, 2.05) is 0 Å². The highest BCUT2D eigenvalue weighted by Gasteiger charge is 2.12. The molecular weight excluding hydrogens is 310 g/mol. The van der Waals surface area contributed by atoms with Crippen molar-refractivity contribution in [1.29, 1.82) is 5.26 Å². The van der Waals surface area contributed by atoms with Crippen LogP contribution in [0.3, 0.4) is 0 Å². The van der Waals surface area contributed by atoms with Gasteiger partial charge in [0.1, 0.15) is 23.3 Å². The lowest BCUT2D eigenvalue weighted by Gasteiger charge is -2.05. The maximum Gasteiger partial charge on any atom is 0.266 e. The van der Waals surface area contributed by atoms with E-state index in [4.69, 9.17) is 16.9 Å². The van der Waals surface area contributed by atoms with Crippen LogP contribution < -0.4 is 5.32 Å². The van der Waals surface area contributed by atoms with Crippen molar-refractivity contribution >= 4 is 29.3 Å². The summed E-state index contributed by atoms with van der Waals surface area (Å²) >= 11 is 5.82. The second-order valence-corrected chi connectivity index (χ2v) is 4.74. The summed E-state index contributed by atoms with van der Waals surface area (Å²) in [5.74, 6) is -2.48. The normalized spacial score (nSPS) is 10.9. The minimum atomic E-state index is -0.923. The SMILES string of the molecule is N#C/C(=C\c1cccc(Cl)c1)C(=O)Nc1ccc(F)cc1F. The average molecular weight is 319 g/mol. The summed E-state index contributed by atoms with van der Waals surface area (Å²) in [6, 6.07) is 11.0. The Morgan fingerprint density at radius 2 is 2.00 bits per heavy atom. The third kappa shape index (κ3) is 3.90. The van der Waals surface area contributed by atoms with E-state index in [0.717, 1.165) is 12.1 Å². The quantitative estimate of drug-likeness (QED) is 0.682. The van der Waals surface area contributed by atoms with Gasteiger partial charge in [-0.25, -0.2) is 8.78 Å². The van der Waals surface area contributed by atoms with E-state index in [2.05, 4.69) is 5.32 Å². The van der Waals surface area contributed by atoms with Crippen LogP contribution in [0, 0.1) is 23.0 Å². The van der Waals surface area contributed by atoms with Gasteiger partial charge in [-0.1, -0.05) is 23.7 Å². The molecule has 0 spiro atoms. The molecule has 2 rings (SSSR count). The fourth-order valence-electron chi connectivity index (χ4n) is 1.69. The van der Waals surface area contributed by atoms with Gasteiger partial charge in [0.15, 0.2) is 0 Å². The number of anilines is 1. The highest BCUT2D eigenvalue weighted by Crippen LogP contribution is 2.17. The van der Waals surface area contributed by atoms with Gasteiger partial charge in [0, 0.05) is 11.1 Å². The summed E-state index contributed by atoms with van der Waals surface area (Å²) in [4.78, 5) is 12.0. The number of rotatable bonds is 3. The first-order chi connectivity index (χ1) is 10.5. The maximum absolute atomic E-state index is 13.5. The van der Waals surface area contributed by atoms with E-state index in [1.54, 1.807) is 30.3 Å². The molecule has 6 heteroatoms. The Balaban J connectivity index is 2.24. The van der Waals surface area contributed by atoms with Crippen LogP contribution in [0.5, 0.6) is 0 Å². The van der Waals surface area contributed by atoms with Gasteiger partial charge < -0.3 is 5.32 Å². The summed E-state index contributed by atoms with van der Waals surface area (Å²) in [6.07, 6.45) is 1.32. The summed E-state index contributed by atoms with van der Waals surface area (Å²) < 4.78 is 26.3. The number of nitrogens with one attached hydrogen (secondary N) is 1. The van der Waals surface area contributed by atoms with Crippen molar-refractivity contribution in [1.82, 2.24) is 0 Å². The van der Waals surface area contributed by atoms with Gasteiger partial charge in [-0.05, 0) is 35.9 Å². The Morgan fingerprint density at radius 3 is 2.64 bits per heavy atom. The van der Waals surface area contributed by atoms with E-state index in [1.165, 1.54) is 6.08 Å². The zero-order chi connectivity index (χ0) is 16.1. The first-order valence-corrected chi connectivity index (χ1v) is 6.51. The highest BCUT2D eigenvalue weighted by molar-refractivity contribution is 6.30. The lowest BCUT2D eigenvalue weighted by Crippen LogP contribution is -2.14. The molecule has 0 aromatic heterocycles. The molecule has 0 aliphatic carbocycles. The van der Waals surface area contributed by atoms with Gasteiger partial charge in [-0.3, -0.25) is 4.79 Å². The lowest BCUT2D eigenvalue weighted by molar-refractivity contribution is -0.112. The molecule has 0 saturated heterocycles. The van der Waals surface area contributed by atoms with E-state index < -0.39 is 17.5 Å². The minimum Gasteiger partial charge on any atom is -0.319 e. The molecule has 2 aromatic rings. The molecule has 0 fully saturated rings. The van der Waals surface area contributed by atoms with Crippen LogP contribution in [0.25, 0.3) is 6.08 Å². The summed E-state index contributed by atoms with van der Waals surface area (Å²) in [6.45, 7) is 0. The maximum atomic E-state index is 13.5. The molecule has 110 valence electrons. The zero-order valence-electron chi connectivity index (χ0n) is 11.1. The second kappa shape index (κ2) is 6.83. The fraction of sp³-hybridized carbons (Fsp3) is 0. The number of nitriles is 1. The van der Waals surface area contributed by atoms with Crippen LogP contribution in [0.15, 0.2) is 48.0 Å². The van der Waals surface area contributed by atoms with Crippen LogP contribution in [0.1, 0.15) is 5.56 Å². The monoisotopic (exact) mass is 318 g/mol. The Kier molecular flexibility index (Phi) is 4.87. The van der Waals surface area contributed by atoms with Crippen LogP contribution in [0.2, 0.25) is 5.02 Å². The number of carbonyl (C=O) groups excluding carboxylic acids is 1. The van der Waals surface area contributed by atoms with Crippen molar-refractivity contribution < 1.29 is 13.6 Å². The van der Waals surface area contributed by atoms with Crippen molar-refractivity contribution in [3.05, 3.63) is 70.3 Å². The van der Waals surface area contributed by atoms with Crippen molar-refractivity contribution in [2.75, 3.05) is 5.32 Å². The molecule has 0 unspecified atom stereocenters. The number of halogens is 3. The largest absolute Gasteiger partial charge is 0.319 e. The first-order valence-electron chi connectivity index (χ1n) is 6.13. The predicted molar refractivity (Wildman–Crippen MR) is 80.0 cm³/mol. The highest BCUT2D eigenvalue weighted by atomic mass is 35.5. The zero-order valence-corrected chi connectivity index (χ0v) is 11.9. The second-order valence-electron chi connectivity index (χ2n) is 4.30.